The molecule has 1 heterocycles. The number of hydrogen-bond acceptors (Lipinski definition) is 7. The number of benzene rings is 3. The van der Waals surface area contributed by atoms with E-state index in [1.807, 2.05) is 19.9 Å². The van der Waals surface area contributed by atoms with E-state index in [1.165, 1.54) is 31.3 Å². The number of Topliss-reactive ketones (excluding diaryl/α,β-unsaturated/α-hetero) is 1. The van der Waals surface area contributed by atoms with E-state index in [4.69, 9.17) is 14.2 Å². The third kappa shape index (κ3) is 4.85. The van der Waals surface area contributed by atoms with Gasteiger partial charge in [0.15, 0.2) is 0 Å². The van der Waals surface area contributed by atoms with Crippen LogP contribution in [0.1, 0.15) is 58.4 Å². The fourth-order valence-corrected chi connectivity index (χ4v) is 4.89. The molecule has 39 heavy (non-hydrogen) atoms. The fourth-order valence-electron chi connectivity index (χ4n) is 4.89. The van der Waals surface area contributed by atoms with Gasteiger partial charge in [-0.3, -0.25) is 14.5 Å². The average Bonchev–Trinajstić information content (AvgIpc) is 3.21. The molecule has 1 aliphatic rings. The van der Waals surface area contributed by atoms with E-state index in [1.54, 1.807) is 56.5 Å². The number of aliphatic hydroxyl groups is 1. The van der Waals surface area contributed by atoms with Crippen molar-refractivity contribution in [2.75, 3.05) is 26.2 Å². The van der Waals surface area contributed by atoms with Crippen LogP contribution < -0.4 is 14.4 Å². The van der Waals surface area contributed by atoms with Gasteiger partial charge >= 0.3 is 5.97 Å². The Morgan fingerprint density at radius 3 is 2.15 bits per heavy atom. The van der Waals surface area contributed by atoms with Crippen molar-refractivity contribution in [3.05, 3.63) is 94.1 Å². The van der Waals surface area contributed by atoms with Crippen molar-refractivity contribution in [2.45, 2.75) is 32.7 Å². The Bertz CT molecular complexity index is 1470. The number of aliphatic hydroxyl groups excluding tert-OH is 1. The highest BCUT2D eigenvalue weighted by atomic mass is 16.5. The van der Waals surface area contributed by atoms with Gasteiger partial charge in [0.05, 0.1) is 38.5 Å². The van der Waals surface area contributed by atoms with E-state index in [-0.39, 0.29) is 17.3 Å². The minimum Gasteiger partial charge on any atom is -0.507 e. The molecule has 0 bridgehead atoms. The maximum Gasteiger partial charge on any atom is 0.337 e. The maximum atomic E-state index is 13.6. The first-order valence-electron chi connectivity index (χ1n) is 12.5. The third-order valence-corrected chi connectivity index (χ3v) is 6.90. The zero-order valence-corrected chi connectivity index (χ0v) is 22.8. The summed E-state index contributed by atoms with van der Waals surface area (Å²) in [5.41, 5.74) is 3.08. The minimum absolute atomic E-state index is 0.0653. The van der Waals surface area contributed by atoms with Gasteiger partial charge in [0.25, 0.3) is 11.7 Å². The van der Waals surface area contributed by atoms with Crippen LogP contribution in [0.3, 0.4) is 0 Å². The van der Waals surface area contributed by atoms with E-state index >= 15 is 0 Å². The maximum absolute atomic E-state index is 13.6. The zero-order chi connectivity index (χ0) is 28.4. The number of carbonyl (C=O) groups is 3. The summed E-state index contributed by atoms with van der Waals surface area (Å²) in [4.78, 5) is 40.4. The summed E-state index contributed by atoms with van der Waals surface area (Å²) in [5.74, 6) is -1.27. The molecule has 1 N–H and O–H groups in total. The lowest BCUT2D eigenvalue weighted by Gasteiger charge is -2.27. The lowest BCUT2D eigenvalue weighted by molar-refractivity contribution is -0.132. The number of aryl methyl sites for hydroxylation is 1. The minimum atomic E-state index is -0.992. The summed E-state index contributed by atoms with van der Waals surface area (Å²) >= 11 is 0. The number of hydrogen-bond donors (Lipinski definition) is 1. The van der Waals surface area contributed by atoms with E-state index < -0.39 is 23.7 Å². The molecule has 0 saturated carbocycles. The van der Waals surface area contributed by atoms with E-state index in [0.29, 0.717) is 39.4 Å². The van der Waals surface area contributed by atoms with Crippen LogP contribution in [0.2, 0.25) is 0 Å². The molecule has 1 fully saturated rings. The number of ether oxygens (including phenoxy) is 3. The van der Waals surface area contributed by atoms with Crippen LogP contribution in [0.25, 0.3) is 5.76 Å². The molecule has 0 spiro atoms. The highest BCUT2D eigenvalue weighted by Gasteiger charge is 2.48. The van der Waals surface area contributed by atoms with E-state index in [2.05, 4.69) is 0 Å². The van der Waals surface area contributed by atoms with Gasteiger partial charge in [-0.1, -0.05) is 32.0 Å². The normalized spacial score (nSPS) is 16.5. The lowest BCUT2D eigenvalue weighted by Crippen LogP contribution is -2.29. The van der Waals surface area contributed by atoms with Crippen LogP contribution in [-0.4, -0.2) is 44.1 Å². The second kappa shape index (κ2) is 11.0. The summed E-state index contributed by atoms with van der Waals surface area (Å²) in [6.45, 7) is 5.81. The van der Waals surface area contributed by atoms with Gasteiger partial charge in [0, 0.05) is 16.8 Å². The first-order valence-corrected chi connectivity index (χ1v) is 12.5. The summed E-state index contributed by atoms with van der Waals surface area (Å²) in [6.07, 6.45) is 0. The third-order valence-electron chi connectivity index (χ3n) is 6.90. The zero-order valence-electron chi connectivity index (χ0n) is 22.8. The van der Waals surface area contributed by atoms with Crippen LogP contribution in [0.4, 0.5) is 5.69 Å². The highest BCUT2D eigenvalue weighted by Crippen LogP contribution is 2.45. The van der Waals surface area contributed by atoms with E-state index in [0.717, 1.165) is 5.56 Å². The molecule has 3 aromatic carbocycles. The van der Waals surface area contributed by atoms with Crippen LogP contribution in [0.15, 0.2) is 66.2 Å². The van der Waals surface area contributed by atoms with Gasteiger partial charge in [-0.2, -0.15) is 0 Å². The number of ketones is 1. The molecule has 1 saturated heterocycles. The van der Waals surface area contributed by atoms with Crippen molar-refractivity contribution in [1.82, 2.24) is 0 Å². The Balaban J connectivity index is 1.98. The molecule has 3 aromatic rings. The Kier molecular flexibility index (Phi) is 7.76. The van der Waals surface area contributed by atoms with Crippen molar-refractivity contribution in [2.24, 2.45) is 0 Å². The second-order valence-electron chi connectivity index (χ2n) is 9.51. The average molecular weight is 530 g/mol. The molecule has 1 unspecified atom stereocenters. The fraction of sp³-hybridized carbons (Fsp3) is 0.258. The summed E-state index contributed by atoms with van der Waals surface area (Å²) in [6, 6.07) is 15.8. The molecular weight excluding hydrogens is 498 g/mol. The quantitative estimate of drug-likeness (QED) is 0.185. The first kappa shape index (κ1) is 27.4. The Hall–Kier alpha value is -4.59. The Labute approximate surface area is 227 Å². The Morgan fingerprint density at radius 2 is 1.56 bits per heavy atom. The Morgan fingerprint density at radius 1 is 0.923 bits per heavy atom. The van der Waals surface area contributed by atoms with Crippen molar-refractivity contribution in [3.63, 3.8) is 0 Å². The number of carbonyl (C=O) groups excluding carboxylic acids is 3. The van der Waals surface area contributed by atoms with Crippen LogP contribution in [-0.2, 0) is 14.3 Å². The molecule has 202 valence electrons. The number of para-hydroxylation sites is 1. The summed E-state index contributed by atoms with van der Waals surface area (Å²) < 4.78 is 15.9. The van der Waals surface area contributed by atoms with Gasteiger partial charge < -0.3 is 19.3 Å². The monoisotopic (exact) mass is 529 g/mol. The van der Waals surface area contributed by atoms with Crippen molar-refractivity contribution < 1.29 is 33.7 Å². The van der Waals surface area contributed by atoms with Gasteiger partial charge in [-0.05, 0) is 66.4 Å². The number of rotatable bonds is 7. The number of esters is 1. The standard InChI is InChI=1S/C31H31NO7/c1-17(2)22-16-23(18(3)15-25(22)38-5)28(33)26-27(21-9-7-8-10-24(21)37-4)32(30(35)29(26)34)20-13-11-19(12-14-20)31(36)39-6/h7-17,27,33H,1-6H3/b28-26+. The largest absolute Gasteiger partial charge is 0.507 e. The first-order chi connectivity index (χ1) is 18.6. The van der Waals surface area contributed by atoms with Crippen LogP contribution in [0.5, 0.6) is 11.5 Å². The van der Waals surface area contributed by atoms with Crippen molar-refractivity contribution in [1.29, 1.82) is 0 Å². The molecule has 1 amide bonds. The summed E-state index contributed by atoms with van der Waals surface area (Å²) in [5, 5.41) is 11.7. The molecule has 0 aromatic heterocycles. The second-order valence-corrected chi connectivity index (χ2v) is 9.51. The van der Waals surface area contributed by atoms with Crippen molar-refractivity contribution >= 4 is 29.1 Å². The predicted octanol–water partition coefficient (Wildman–Crippen LogP) is 5.55. The molecule has 8 nitrogen and oxygen atoms in total. The highest BCUT2D eigenvalue weighted by molar-refractivity contribution is 6.51. The van der Waals surface area contributed by atoms with E-state index in [9.17, 15) is 19.5 Å². The van der Waals surface area contributed by atoms with Gasteiger partial charge in [-0.25, -0.2) is 4.79 Å². The van der Waals surface area contributed by atoms with Gasteiger partial charge in [0.1, 0.15) is 17.3 Å². The van der Waals surface area contributed by atoms with Crippen LogP contribution in [0, 0.1) is 6.92 Å². The number of anilines is 1. The SMILES string of the molecule is COC(=O)c1ccc(N2C(=O)C(=O)/C(=C(/O)c3cc(C(C)C)c(OC)cc3C)C2c2ccccc2OC)cc1. The molecule has 1 atom stereocenters. The molecule has 0 radical (unpaired) electrons. The summed E-state index contributed by atoms with van der Waals surface area (Å²) in [7, 11) is 4.36. The molecule has 8 heteroatoms. The van der Waals surface area contributed by atoms with Crippen LogP contribution >= 0.6 is 0 Å². The van der Waals surface area contributed by atoms with Gasteiger partial charge in [-0.15, -0.1) is 0 Å². The molecular formula is C31H31NO7. The molecule has 4 rings (SSSR count). The van der Waals surface area contributed by atoms with Gasteiger partial charge in [0.2, 0.25) is 0 Å². The smallest absolute Gasteiger partial charge is 0.337 e. The van der Waals surface area contributed by atoms with Crippen molar-refractivity contribution in [3.8, 4) is 11.5 Å². The lowest BCUT2D eigenvalue weighted by atomic mass is 9.90. The topological polar surface area (TPSA) is 102 Å². The molecule has 0 aliphatic carbocycles. The number of methoxy groups -OCH3 is 3. The predicted molar refractivity (Wildman–Crippen MR) is 147 cm³/mol. The molecule has 1 aliphatic heterocycles. The number of nitrogens with zero attached hydrogens (tertiary/aromatic N) is 1. The number of amides is 1.